The second kappa shape index (κ2) is 7.30. The number of benzene rings is 2. The molecule has 134 valence electrons. The topological polar surface area (TPSA) is 48.0 Å². The summed E-state index contributed by atoms with van der Waals surface area (Å²) in [6, 6.07) is 12.8. The molecule has 1 amide bonds. The van der Waals surface area contributed by atoms with Gasteiger partial charge < -0.3 is 10.3 Å². The molecule has 0 radical (unpaired) electrons. The van der Waals surface area contributed by atoms with Crippen molar-refractivity contribution in [1.29, 1.82) is 0 Å². The minimum absolute atomic E-state index is 0.357. The van der Waals surface area contributed by atoms with E-state index < -0.39 is 17.5 Å². The third-order valence-corrected chi connectivity index (χ3v) is 4.60. The average molecular weight is 375 g/mol. The molecule has 26 heavy (non-hydrogen) atoms. The number of aryl methyl sites for hydroxylation is 1. The van der Waals surface area contributed by atoms with Crippen LogP contribution in [0.15, 0.2) is 48.5 Å². The van der Waals surface area contributed by atoms with Crippen molar-refractivity contribution in [2.45, 2.75) is 19.9 Å². The number of primary amides is 1. The molecule has 2 N–H and O–H groups in total. The quantitative estimate of drug-likeness (QED) is 0.689. The van der Waals surface area contributed by atoms with Crippen LogP contribution in [0.3, 0.4) is 0 Å². The Morgan fingerprint density at radius 2 is 1.88 bits per heavy atom. The number of hydrogen-bond donors (Lipinski definition) is 1. The van der Waals surface area contributed by atoms with Gasteiger partial charge >= 0.3 is 0 Å². The number of halogens is 3. The monoisotopic (exact) mass is 374 g/mol. The summed E-state index contributed by atoms with van der Waals surface area (Å²) in [5.74, 6) is -2.42. The van der Waals surface area contributed by atoms with Crippen molar-refractivity contribution in [2.24, 2.45) is 5.73 Å². The lowest BCUT2D eigenvalue weighted by Crippen LogP contribution is -2.13. The maximum atomic E-state index is 13.7. The Bertz CT molecular complexity index is 982. The normalized spacial score (nSPS) is 10.9. The molecule has 0 fully saturated rings. The summed E-state index contributed by atoms with van der Waals surface area (Å²) in [4.78, 5) is 11.7. The number of nitrogens with two attached hydrogens (primary N) is 1. The van der Waals surface area contributed by atoms with Crippen molar-refractivity contribution in [1.82, 2.24) is 4.57 Å². The number of carbonyl (C=O) groups is 1. The van der Waals surface area contributed by atoms with Gasteiger partial charge in [-0.05, 0) is 55.3 Å². The summed E-state index contributed by atoms with van der Waals surface area (Å²) in [6.07, 6.45) is 0.658. The number of rotatable bonds is 5. The van der Waals surface area contributed by atoms with Gasteiger partial charge in [-0.1, -0.05) is 23.7 Å². The summed E-state index contributed by atoms with van der Waals surface area (Å²) in [7, 11) is 0. The molecule has 0 spiro atoms. The number of hydrogen-bond acceptors (Lipinski definition) is 1. The van der Waals surface area contributed by atoms with Crippen molar-refractivity contribution >= 4 is 17.5 Å². The largest absolute Gasteiger partial charge is 0.366 e. The molecule has 1 aromatic heterocycles. The van der Waals surface area contributed by atoms with Gasteiger partial charge in [0.25, 0.3) is 5.91 Å². The van der Waals surface area contributed by atoms with E-state index in [9.17, 15) is 13.6 Å². The fraction of sp³-hybridized carbons (Fsp3) is 0.150. The molecule has 0 saturated heterocycles. The lowest BCUT2D eigenvalue weighted by atomic mass is 10.1. The zero-order valence-electron chi connectivity index (χ0n) is 14.1. The van der Waals surface area contributed by atoms with Crippen molar-refractivity contribution in [3.63, 3.8) is 0 Å². The maximum Gasteiger partial charge on any atom is 0.250 e. The second-order valence-corrected chi connectivity index (χ2v) is 6.49. The first-order valence-corrected chi connectivity index (χ1v) is 8.44. The number of nitrogens with zero attached hydrogens (tertiary/aromatic N) is 1. The lowest BCUT2D eigenvalue weighted by Gasteiger charge is -2.13. The highest BCUT2D eigenvalue weighted by Gasteiger charge is 2.17. The summed E-state index contributed by atoms with van der Waals surface area (Å²) in [6.45, 7) is 2.31. The van der Waals surface area contributed by atoms with Gasteiger partial charge in [0.2, 0.25) is 0 Å². The van der Waals surface area contributed by atoms with Gasteiger partial charge in [0.15, 0.2) is 11.6 Å². The van der Waals surface area contributed by atoms with Crippen molar-refractivity contribution in [3.8, 4) is 11.3 Å². The highest BCUT2D eigenvalue weighted by molar-refractivity contribution is 6.30. The molecular formula is C20H17ClF2N2O. The zero-order chi connectivity index (χ0) is 18.8. The van der Waals surface area contributed by atoms with Crippen LogP contribution in [-0.4, -0.2) is 10.5 Å². The minimum Gasteiger partial charge on any atom is -0.366 e. The Kier molecular flexibility index (Phi) is 5.09. The summed E-state index contributed by atoms with van der Waals surface area (Å²) < 4.78 is 28.8. The summed E-state index contributed by atoms with van der Waals surface area (Å²) in [5.41, 5.74) is 8.61. The molecule has 0 aliphatic carbocycles. The molecule has 0 saturated carbocycles. The standard InChI is InChI=1S/C20H17ClF2N2O/c1-12-16(20(24)26)11-19(14-5-6-17(22)18(23)10-14)25(12)8-7-13-3-2-4-15(21)9-13/h2-6,9-11H,7-8H2,1H3,(H2,24,26). The fourth-order valence-corrected chi connectivity index (χ4v) is 3.22. The molecular weight excluding hydrogens is 358 g/mol. The van der Waals surface area contributed by atoms with Crippen LogP contribution in [0.25, 0.3) is 11.3 Å². The third kappa shape index (κ3) is 3.63. The van der Waals surface area contributed by atoms with Crippen LogP contribution >= 0.6 is 11.6 Å². The van der Waals surface area contributed by atoms with E-state index in [2.05, 4.69) is 0 Å². The summed E-state index contributed by atoms with van der Waals surface area (Å²) in [5, 5.41) is 0.644. The van der Waals surface area contributed by atoms with Crippen LogP contribution in [0.5, 0.6) is 0 Å². The van der Waals surface area contributed by atoms with Gasteiger partial charge in [-0.2, -0.15) is 0 Å². The van der Waals surface area contributed by atoms with E-state index in [0.717, 1.165) is 17.7 Å². The molecule has 0 bridgehead atoms. The molecule has 0 unspecified atom stereocenters. The Morgan fingerprint density at radius 1 is 1.12 bits per heavy atom. The highest BCUT2D eigenvalue weighted by Crippen LogP contribution is 2.28. The van der Waals surface area contributed by atoms with Crippen LogP contribution in [0.1, 0.15) is 21.6 Å². The van der Waals surface area contributed by atoms with Gasteiger partial charge in [-0.3, -0.25) is 4.79 Å². The average Bonchev–Trinajstić information content (AvgIpc) is 2.92. The minimum atomic E-state index is -0.941. The van der Waals surface area contributed by atoms with Crippen LogP contribution in [-0.2, 0) is 13.0 Å². The van der Waals surface area contributed by atoms with Gasteiger partial charge in [-0.25, -0.2) is 8.78 Å². The van der Waals surface area contributed by atoms with E-state index in [1.54, 1.807) is 19.1 Å². The molecule has 3 aromatic rings. The van der Waals surface area contributed by atoms with Crippen LogP contribution in [0.4, 0.5) is 8.78 Å². The van der Waals surface area contributed by atoms with Crippen molar-refractivity contribution in [2.75, 3.05) is 0 Å². The van der Waals surface area contributed by atoms with E-state index in [0.29, 0.717) is 40.5 Å². The second-order valence-electron chi connectivity index (χ2n) is 6.05. The Hall–Kier alpha value is -2.66. The van der Waals surface area contributed by atoms with Crippen LogP contribution in [0, 0.1) is 18.6 Å². The van der Waals surface area contributed by atoms with Crippen molar-refractivity contribution < 1.29 is 13.6 Å². The molecule has 1 heterocycles. The summed E-state index contributed by atoms with van der Waals surface area (Å²) >= 11 is 6.02. The smallest absolute Gasteiger partial charge is 0.250 e. The molecule has 0 aliphatic heterocycles. The predicted molar refractivity (Wildman–Crippen MR) is 98.2 cm³/mol. The first-order valence-electron chi connectivity index (χ1n) is 8.06. The fourth-order valence-electron chi connectivity index (χ4n) is 3.01. The van der Waals surface area contributed by atoms with E-state index in [4.69, 9.17) is 17.3 Å². The molecule has 0 atom stereocenters. The van der Waals surface area contributed by atoms with Crippen LogP contribution in [0.2, 0.25) is 5.02 Å². The number of carbonyl (C=O) groups excluding carboxylic acids is 1. The Morgan fingerprint density at radius 3 is 2.54 bits per heavy atom. The van der Waals surface area contributed by atoms with Crippen LogP contribution < -0.4 is 5.73 Å². The first kappa shape index (κ1) is 18.1. The SMILES string of the molecule is Cc1c(C(N)=O)cc(-c2ccc(F)c(F)c2)n1CCc1cccc(Cl)c1. The number of amides is 1. The van der Waals surface area contributed by atoms with E-state index in [1.165, 1.54) is 6.07 Å². The van der Waals surface area contributed by atoms with Gasteiger partial charge in [0.1, 0.15) is 0 Å². The van der Waals surface area contributed by atoms with Crippen molar-refractivity contribution in [3.05, 3.63) is 82.0 Å². The Labute approximate surface area is 155 Å². The van der Waals surface area contributed by atoms with Gasteiger partial charge in [-0.15, -0.1) is 0 Å². The van der Waals surface area contributed by atoms with E-state index >= 15 is 0 Å². The molecule has 3 nitrogen and oxygen atoms in total. The van der Waals surface area contributed by atoms with E-state index in [-0.39, 0.29) is 0 Å². The third-order valence-electron chi connectivity index (χ3n) is 4.36. The molecule has 0 aliphatic rings. The zero-order valence-corrected chi connectivity index (χ0v) is 14.9. The van der Waals surface area contributed by atoms with Gasteiger partial charge in [0, 0.05) is 28.5 Å². The molecule has 2 aromatic carbocycles. The predicted octanol–water partition coefficient (Wildman–Crippen LogP) is 4.74. The Balaban J connectivity index is 2.01. The van der Waals surface area contributed by atoms with Gasteiger partial charge in [0.05, 0.1) is 5.56 Å². The van der Waals surface area contributed by atoms with E-state index in [1.807, 2.05) is 22.8 Å². The first-order chi connectivity index (χ1) is 12.4. The molecule has 6 heteroatoms. The lowest BCUT2D eigenvalue weighted by molar-refractivity contribution is 0.0999. The number of aromatic nitrogens is 1. The maximum absolute atomic E-state index is 13.7. The molecule has 3 rings (SSSR count). The highest BCUT2D eigenvalue weighted by atomic mass is 35.5.